The fraction of sp³-hybridized carbons (Fsp3) is 0.296. The maximum atomic E-state index is 13.4. The molecular weight excluding hydrogens is 565 g/mol. The molecular formula is C27H29F3N4O6S. The number of carbonyl (C=O) groups is 4. The van der Waals surface area contributed by atoms with Crippen molar-refractivity contribution in [2.75, 3.05) is 17.3 Å². The third-order valence-corrected chi connectivity index (χ3v) is 6.14. The van der Waals surface area contributed by atoms with Gasteiger partial charge in [0.15, 0.2) is 0 Å². The number of amides is 2. The number of carbonyl (C=O) groups excluding carboxylic acids is 2. The number of imidazole rings is 1. The summed E-state index contributed by atoms with van der Waals surface area (Å²) in [5.74, 6) is -3.95. The topological polar surface area (TPSA) is 161 Å². The first kappa shape index (κ1) is 32.9. The van der Waals surface area contributed by atoms with E-state index in [9.17, 15) is 32.7 Å². The lowest BCUT2D eigenvalue weighted by Crippen LogP contribution is -2.41. The Morgan fingerprint density at radius 2 is 1.73 bits per heavy atom. The lowest BCUT2D eigenvalue weighted by molar-refractivity contribution is -0.192. The minimum atomic E-state index is -5.08. The highest BCUT2D eigenvalue weighted by Crippen LogP contribution is 2.39. The van der Waals surface area contributed by atoms with Gasteiger partial charge >= 0.3 is 18.1 Å². The largest absolute Gasteiger partial charge is 0.490 e. The monoisotopic (exact) mass is 594 g/mol. The zero-order valence-electron chi connectivity index (χ0n) is 22.1. The lowest BCUT2D eigenvalue weighted by atomic mass is 9.92. The van der Waals surface area contributed by atoms with Gasteiger partial charge in [-0.15, -0.1) is 0 Å². The summed E-state index contributed by atoms with van der Waals surface area (Å²) in [6.07, 6.45) is 1.27. The van der Waals surface area contributed by atoms with Crippen molar-refractivity contribution in [1.82, 2.24) is 15.3 Å². The number of aliphatic carboxylic acids is 2. The number of rotatable bonds is 11. The molecule has 2 amide bonds. The number of alkyl halides is 3. The number of nitrogens with zero attached hydrogens (tertiary/aromatic N) is 1. The molecule has 0 spiro atoms. The minimum absolute atomic E-state index is 0.179. The molecule has 1 heterocycles. The van der Waals surface area contributed by atoms with Crippen molar-refractivity contribution in [3.8, 4) is 22.4 Å². The molecule has 0 aliphatic heterocycles. The molecule has 14 heteroatoms. The van der Waals surface area contributed by atoms with Crippen LogP contribution in [0.2, 0.25) is 0 Å². The lowest BCUT2D eigenvalue weighted by Gasteiger charge is -2.21. The van der Waals surface area contributed by atoms with E-state index >= 15 is 0 Å². The van der Waals surface area contributed by atoms with Crippen molar-refractivity contribution in [1.29, 1.82) is 0 Å². The summed E-state index contributed by atoms with van der Waals surface area (Å²) < 4.78 is 31.7. The van der Waals surface area contributed by atoms with Gasteiger partial charge < -0.3 is 25.8 Å². The first-order valence-corrected chi connectivity index (χ1v) is 13.6. The number of H-pyrrole nitrogens is 1. The van der Waals surface area contributed by atoms with E-state index in [1.165, 1.54) is 11.8 Å². The summed E-state index contributed by atoms with van der Waals surface area (Å²) in [4.78, 5) is 53.8. The van der Waals surface area contributed by atoms with Gasteiger partial charge in [-0.2, -0.15) is 24.9 Å². The van der Waals surface area contributed by atoms with E-state index in [1.54, 1.807) is 24.7 Å². The summed E-state index contributed by atoms with van der Waals surface area (Å²) in [6, 6.07) is 11.6. The van der Waals surface area contributed by atoms with Gasteiger partial charge in [0.2, 0.25) is 5.91 Å². The molecule has 3 aromatic rings. The van der Waals surface area contributed by atoms with Crippen molar-refractivity contribution in [3.63, 3.8) is 0 Å². The number of anilines is 1. The highest BCUT2D eigenvalue weighted by molar-refractivity contribution is 7.98. The van der Waals surface area contributed by atoms with Crippen molar-refractivity contribution in [2.45, 2.75) is 38.4 Å². The van der Waals surface area contributed by atoms with Crippen LogP contribution in [0.15, 0.2) is 55.0 Å². The smallest absolute Gasteiger partial charge is 0.480 e. The van der Waals surface area contributed by atoms with Gasteiger partial charge in [0, 0.05) is 23.1 Å². The third kappa shape index (κ3) is 9.67. The van der Waals surface area contributed by atoms with Gasteiger partial charge in [-0.3, -0.25) is 9.59 Å². The Morgan fingerprint density at radius 1 is 1.07 bits per heavy atom. The number of aromatic nitrogens is 2. The van der Waals surface area contributed by atoms with Gasteiger partial charge in [-0.25, -0.2) is 14.6 Å². The van der Waals surface area contributed by atoms with E-state index in [1.807, 2.05) is 43.5 Å². The predicted molar refractivity (Wildman–Crippen MR) is 149 cm³/mol. The van der Waals surface area contributed by atoms with Crippen LogP contribution >= 0.6 is 11.8 Å². The molecule has 0 saturated heterocycles. The van der Waals surface area contributed by atoms with Crippen LogP contribution < -0.4 is 10.6 Å². The molecule has 0 aliphatic carbocycles. The quantitative estimate of drug-likeness (QED) is 0.206. The summed E-state index contributed by atoms with van der Waals surface area (Å²) in [5, 5.41) is 22.4. The third-order valence-electron chi connectivity index (χ3n) is 5.50. The number of halogens is 3. The molecule has 1 aromatic heterocycles. The van der Waals surface area contributed by atoms with Gasteiger partial charge in [-0.1, -0.05) is 37.3 Å². The zero-order chi connectivity index (χ0) is 30.6. The molecule has 10 nitrogen and oxygen atoms in total. The molecule has 0 radical (unpaired) electrons. The summed E-state index contributed by atoms with van der Waals surface area (Å²) in [6.45, 7) is 1.91. The van der Waals surface area contributed by atoms with E-state index in [2.05, 4.69) is 20.6 Å². The molecule has 41 heavy (non-hydrogen) atoms. The summed E-state index contributed by atoms with van der Waals surface area (Å²) >= 11 is 1.51. The number of nitrogens with one attached hydrogen (secondary N) is 3. The van der Waals surface area contributed by atoms with Gasteiger partial charge in [0.1, 0.15) is 6.04 Å². The fourth-order valence-electron chi connectivity index (χ4n) is 3.61. The van der Waals surface area contributed by atoms with Crippen LogP contribution in [0.3, 0.4) is 0 Å². The molecule has 3 rings (SSSR count). The predicted octanol–water partition coefficient (Wildman–Crippen LogP) is 5.05. The molecule has 0 fully saturated rings. The van der Waals surface area contributed by atoms with Crippen molar-refractivity contribution in [3.05, 3.63) is 60.6 Å². The van der Waals surface area contributed by atoms with Crippen LogP contribution in [0.1, 0.15) is 36.5 Å². The molecule has 0 saturated carbocycles. The van der Waals surface area contributed by atoms with Gasteiger partial charge in [0.05, 0.1) is 23.9 Å². The molecule has 1 atom stereocenters. The molecule has 0 bridgehead atoms. The first-order valence-electron chi connectivity index (χ1n) is 12.2. The average Bonchev–Trinajstić information content (AvgIpc) is 3.46. The second kappa shape index (κ2) is 15.5. The van der Waals surface area contributed by atoms with Crippen molar-refractivity contribution in [2.24, 2.45) is 0 Å². The second-order valence-electron chi connectivity index (χ2n) is 8.49. The Kier molecular flexibility index (Phi) is 12.4. The average molecular weight is 595 g/mol. The molecule has 5 N–H and O–H groups in total. The number of carboxylic acids is 2. The number of benzene rings is 2. The van der Waals surface area contributed by atoms with Crippen LogP contribution in [0.5, 0.6) is 0 Å². The fourth-order valence-corrected chi connectivity index (χ4v) is 4.08. The number of carboxylic acid groups (broad SMARTS) is 2. The maximum Gasteiger partial charge on any atom is 0.490 e. The summed E-state index contributed by atoms with van der Waals surface area (Å²) in [5.41, 5.74) is 3.34. The zero-order valence-corrected chi connectivity index (χ0v) is 22.9. The molecule has 220 valence electrons. The van der Waals surface area contributed by atoms with E-state index in [0.717, 1.165) is 5.56 Å². The van der Waals surface area contributed by atoms with Crippen LogP contribution in [-0.2, 0) is 14.4 Å². The van der Waals surface area contributed by atoms with E-state index < -0.39 is 30.1 Å². The Labute approximate surface area is 237 Å². The number of aromatic amines is 1. The van der Waals surface area contributed by atoms with Crippen molar-refractivity contribution >= 4 is 41.2 Å². The normalized spacial score (nSPS) is 11.5. The first-order chi connectivity index (χ1) is 19.4. The highest BCUT2D eigenvalue weighted by atomic mass is 32.2. The highest BCUT2D eigenvalue weighted by Gasteiger charge is 2.38. The molecule has 0 aliphatic rings. The number of hydrogen-bond donors (Lipinski definition) is 5. The summed E-state index contributed by atoms with van der Waals surface area (Å²) in [7, 11) is 0. The van der Waals surface area contributed by atoms with Crippen LogP contribution in [0, 0.1) is 0 Å². The SMILES string of the molecule is CCCC(=O)Nc1c(-c2cnc[nH]2)ccc(C(=O)NC(CCSC)C(=O)O)c1-c1ccccc1.O=C(O)C(F)(F)F. The Bertz CT molecular complexity index is 1330. The molecule has 1 unspecified atom stereocenters. The van der Waals surface area contributed by atoms with Gasteiger partial charge in [-0.05, 0) is 42.5 Å². The standard InChI is InChI=1S/C25H28N4O4S.C2HF3O2/c1-3-7-21(30)29-23-17(20-14-26-15-27-20)10-11-18(22(23)16-8-5-4-6-9-16)24(31)28-19(25(32)33)12-13-34-2;3-2(4,5)1(6)7/h4-6,8-11,14-15,19H,3,7,12-13H2,1-2H3,(H,26,27)(H,28,31)(H,29,30)(H,32,33);(H,6,7). The minimum Gasteiger partial charge on any atom is -0.480 e. The number of thioether (sulfide) groups is 1. The molecule has 2 aromatic carbocycles. The maximum absolute atomic E-state index is 13.4. The van der Waals surface area contributed by atoms with Crippen LogP contribution in [0.4, 0.5) is 18.9 Å². The Hall–Kier alpha value is -4.33. The van der Waals surface area contributed by atoms with Crippen LogP contribution in [-0.4, -0.2) is 68.2 Å². The Morgan fingerprint density at radius 3 is 2.24 bits per heavy atom. The second-order valence-corrected chi connectivity index (χ2v) is 9.47. The van der Waals surface area contributed by atoms with Crippen LogP contribution in [0.25, 0.3) is 22.4 Å². The van der Waals surface area contributed by atoms with E-state index in [-0.39, 0.29) is 11.5 Å². The Balaban J connectivity index is 0.000000745. The van der Waals surface area contributed by atoms with E-state index in [4.69, 9.17) is 9.90 Å². The number of hydrogen-bond acceptors (Lipinski definition) is 6. The van der Waals surface area contributed by atoms with Crippen molar-refractivity contribution < 1.29 is 42.6 Å². The van der Waals surface area contributed by atoms with Gasteiger partial charge in [0.25, 0.3) is 5.91 Å². The van der Waals surface area contributed by atoms with E-state index in [0.29, 0.717) is 47.5 Å².